The Morgan fingerprint density at radius 2 is 1.50 bits per heavy atom. The highest BCUT2D eigenvalue weighted by Gasteiger charge is 2.12. The van der Waals surface area contributed by atoms with E-state index in [1.54, 1.807) is 6.07 Å². The predicted octanol–water partition coefficient (Wildman–Crippen LogP) is 4.25. The van der Waals surface area contributed by atoms with E-state index < -0.39 is 0 Å². The van der Waals surface area contributed by atoms with Crippen LogP contribution in [0.15, 0.2) is 55.1 Å². The summed E-state index contributed by atoms with van der Waals surface area (Å²) in [6.07, 6.45) is 0. The average Bonchev–Trinajstić information content (AvgIpc) is 2.47. The van der Waals surface area contributed by atoms with Crippen LogP contribution in [0.2, 0.25) is 0 Å². The lowest BCUT2D eigenvalue weighted by atomic mass is 10.1. The van der Waals surface area contributed by atoms with E-state index in [0.717, 1.165) is 16.8 Å². The molecule has 0 heterocycles. The van der Waals surface area contributed by atoms with Gasteiger partial charge in [0.15, 0.2) is 0 Å². The van der Waals surface area contributed by atoms with Gasteiger partial charge in [-0.15, -0.1) is 0 Å². The largest absolute Gasteiger partial charge is 0.465 e. The molecule has 0 aliphatic rings. The van der Waals surface area contributed by atoms with Gasteiger partial charge in [-0.1, -0.05) is 36.9 Å². The molecule has 0 radical (unpaired) electrons. The highest BCUT2D eigenvalue weighted by atomic mass is 16.5. The van der Waals surface area contributed by atoms with E-state index in [-0.39, 0.29) is 5.97 Å². The highest BCUT2D eigenvalue weighted by Crippen LogP contribution is 2.27. The van der Waals surface area contributed by atoms with Crippen molar-refractivity contribution in [1.29, 1.82) is 0 Å². The molecular formula is C17H17NO2. The van der Waals surface area contributed by atoms with E-state index >= 15 is 0 Å². The van der Waals surface area contributed by atoms with Gasteiger partial charge in [0.25, 0.3) is 0 Å². The summed E-state index contributed by atoms with van der Waals surface area (Å²) >= 11 is 0. The maximum atomic E-state index is 11.8. The number of nitrogens with one attached hydrogen (secondary N) is 1. The summed E-state index contributed by atoms with van der Waals surface area (Å²) in [7, 11) is 1.38. The molecule has 3 heteroatoms. The molecule has 2 aromatic rings. The van der Waals surface area contributed by atoms with Gasteiger partial charge in [-0.05, 0) is 30.7 Å². The molecule has 102 valence electrons. The Balaban J connectivity index is 2.41. The molecule has 0 saturated heterocycles. The first-order valence-corrected chi connectivity index (χ1v) is 6.32. The number of para-hydroxylation sites is 2. The lowest BCUT2D eigenvalue weighted by molar-refractivity contribution is 0.0602. The Morgan fingerprint density at radius 1 is 1.00 bits per heavy atom. The van der Waals surface area contributed by atoms with Crippen LogP contribution in [0.4, 0.5) is 11.4 Å². The van der Waals surface area contributed by atoms with Gasteiger partial charge >= 0.3 is 5.97 Å². The normalized spacial score (nSPS) is 9.90. The molecule has 1 N–H and O–H groups in total. The monoisotopic (exact) mass is 267 g/mol. The fourth-order valence-corrected chi connectivity index (χ4v) is 1.99. The van der Waals surface area contributed by atoms with Crippen LogP contribution in [0, 0.1) is 0 Å². The van der Waals surface area contributed by atoms with Crippen molar-refractivity contribution in [3.8, 4) is 0 Å². The third-order valence-corrected chi connectivity index (χ3v) is 2.99. The summed E-state index contributed by atoms with van der Waals surface area (Å²) in [5.74, 6) is -0.360. The lowest BCUT2D eigenvalue weighted by Gasteiger charge is -2.14. The molecule has 2 rings (SSSR count). The lowest BCUT2D eigenvalue weighted by Crippen LogP contribution is -2.06. The summed E-state index contributed by atoms with van der Waals surface area (Å²) in [5, 5.41) is 3.28. The van der Waals surface area contributed by atoms with Crippen LogP contribution < -0.4 is 5.32 Å². The van der Waals surface area contributed by atoms with Gasteiger partial charge < -0.3 is 10.1 Å². The number of ether oxygens (including phenoxy) is 1. The van der Waals surface area contributed by atoms with Crippen LogP contribution in [0.1, 0.15) is 22.8 Å². The molecule has 0 amide bonds. The number of hydrogen-bond acceptors (Lipinski definition) is 3. The SMILES string of the molecule is C=C(C)c1ccccc1Nc1ccccc1C(=O)OC. The number of allylic oxidation sites excluding steroid dienone is 1. The molecule has 0 aliphatic heterocycles. The van der Waals surface area contributed by atoms with Crippen molar-refractivity contribution in [2.45, 2.75) is 6.92 Å². The molecule has 0 aromatic heterocycles. The number of esters is 1. The van der Waals surface area contributed by atoms with Gasteiger partial charge in [-0.3, -0.25) is 0 Å². The zero-order valence-electron chi connectivity index (χ0n) is 11.6. The minimum absolute atomic E-state index is 0.360. The van der Waals surface area contributed by atoms with Crippen molar-refractivity contribution in [2.24, 2.45) is 0 Å². The van der Waals surface area contributed by atoms with Crippen molar-refractivity contribution in [3.05, 3.63) is 66.2 Å². The van der Waals surface area contributed by atoms with E-state index in [1.165, 1.54) is 7.11 Å². The number of benzene rings is 2. The van der Waals surface area contributed by atoms with Crippen molar-refractivity contribution in [1.82, 2.24) is 0 Å². The van der Waals surface area contributed by atoms with Crippen LogP contribution in [0.25, 0.3) is 5.57 Å². The van der Waals surface area contributed by atoms with Crippen LogP contribution in [-0.4, -0.2) is 13.1 Å². The summed E-state index contributed by atoms with van der Waals surface area (Å²) < 4.78 is 4.80. The Hall–Kier alpha value is -2.55. The van der Waals surface area contributed by atoms with Crippen LogP contribution in [-0.2, 0) is 4.74 Å². The summed E-state index contributed by atoms with van der Waals surface area (Å²) in [6, 6.07) is 15.1. The van der Waals surface area contributed by atoms with E-state index in [4.69, 9.17) is 4.74 Å². The first kappa shape index (κ1) is 13.9. The van der Waals surface area contributed by atoms with Gasteiger partial charge in [0.05, 0.1) is 18.4 Å². The number of anilines is 2. The molecular weight excluding hydrogens is 250 g/mol. The number of carbonyl (C=O) groups excluding carboxylic acids is 1. The van der Waals surface area contributed by atoms with E-state index in [9.17, 15) is 4.79 Å². The second-order valence-corrected chi connectivity index (χ2v) is 4.49. The van der Waals surface area contributed by atoms with Crippen LogP contribution in [0.5, 0.6) is 0 Å². The van der Waals surface area contributed by atoms with Crippen molar-refractivity contribution >= 4 is 22.9 Å². The van der Waals surface area contributed by atoms with Crippen LogP contribution >= 0.6 is 0 Å². The van der Waals surface area contributed by atoms with Gasteiger partial charge in [0.1, 0.15) is 0 Å². The smallest absolute Gasteiger partial charge is 0.339 e. The Morgan fingerprint density at radius 3 is 2.05 bits per heavy atom. The fraction of sp³-hybridized carbons (Fsp3) is 0.118. The van der Waals surface area contributed by atoms with Gasteiger partial charge in [-0.25, -0.2) is 4.79 Å². The molecule has 3 nitrogen and oxygen atoms in total. The Bertz CT molecular complexity index is 647. The second kappa shape index (κ2) is 6.06. The molecule has 0 aliphatic carbocycles. The molecule has 0 fully saturated rings. The quantitative estimate of drug-likeness (QED) is 0.841. The Kier molecular flexibility index (Phi) is 4.20. The number of rotatable bonds is 4. The first-order valence-electron chi connectivity index (χ1n) is 6.32. The Labute approximate surface area is 118 Å². The highest BCUT2D eigenvalue weighted by molar-refractivity contribution is 5.97. The van der Waals surface area contributed by atoms with E-state index in [1.807, 2.05) is 49.4 Å². The molecule has 0 saturated carbocycles. The zero-order valence-corrected chi connectivity index (χ0v) is 11.6. The fourth-order valence-electron chi connectivity index (χ4n) is 1.99. The third-order valence-electron chi connectivity index (χ3n) is 2.99. The minimum atomic E-state index is -0.360. The van der Waals surface area contributed by atoms with E-state index in [0.29, 0.717) is 11.3 Å². The standard InChI is InChI=1S/C17H17NO2/c1-12(2)13-8-4-6-10-15(13)18-16-11-7-5-9-14(16)17(19)20-3/h4-11,18H,1H2,2-3H3. The molecule has 0 spiro atoms. The number of hydrogen-bond donors (Lipinski definition) is 1. The second-order valence-electron chi connectivity index (χ2n) is 4.49. The third kappa shape index (κ3) is 2.88. The van der Waals surface area contributed by atoms with E-state index in [2.05, 4.69) is 11.9 Å². The summed E-state index contributed by atoms with van der Waals surface area (Å²) in [4.78, 5) is 11.8. The van der Waals surface area contributed by atoms with Gasteiger partial charge in [0.2, 0.25) is 0 Å². The first-order chi connectivity index (χ1) is 9.63. The van der Waals surface area contributed by atoms with Crippen molar-refractivity contribution in [2.75, 3.05) is 12.4 Å². The van der Waals surface area contributed by atoms with Gasteiger partial charge in [-0.2, -0.15) is 0 Å². The van der Waals surface area contributed by atoms with Crippen molar-refractivity contribution < 1.29 is 9.53 Å². The number of methoxy groups -OCH3 is 1. The average molecular weight is 267 g/mol. The molecule has 0 bridgehead atoms. The number of carbonyl (C=O) groups is 1. The minimum Gasteiger partial charge on any atom is -0.465 e. The topological polar surface area (TPSA) is 38.3 Å². The molecule has 20 heavy (non-hydrogen) atoms. The predicted molar refractivity (Wildman–Crippen MR) is 82.2 cm³/mol. The van der Waals surface area contributed by atoms with Crippen molar-refractivity contribution in [3.63, 3.8) is 0 Å². The maximum Gasteiger partial charge on any atom is 0.339 e. The molecule has 2 aromatic carbocycles. The summed E-state index contributed by atoms with van der Waals surface area (Å²) in [6.45, 7) is 5.92. The van der Waals surface area contributed by atoms with Crippen LogP contribution in [0.3, 0.4) is 0 Å². The van der Waals surface area contributed by atoms with Gasteiger partial charge in [0, 0.05) is 11.3 Å². The zero-order chi connectivity index (χ0) is 14.5. The summed E-state index contributed by atoms with van der Waals surface area (Å²) in [5.41, 5.74) is 4.12. The molecule has 0 atom stereocenters. The molecule has 0 unspecified atom stereocenters. The maximum absolute atomic E-state index is 11.8.